The topological polar surface area (TPSA) is 56.3 Å². The molecule has 0 bridgehead atoms. The Hall–Kier alpha value is -1.23. The van der Waals surface area contributed by atoms with Crippen LogP contribution in [-0.4, -0.2) is 17.4 Å². The van der Waals surface area contributed by atoms with Crippen molar-refractivity contribution in [1.82, 2.24) is 4.98 Å². The van der Waals surface area contributed by atoms with Gasteiger partial charge in [-0.2, -0.15) is 0 Å². The van der Waals surface area contributed by atoms with E-state index >= 15 is 0 Å². The molecule has 0 spiro atoms. The van der Waals surface area contributed by atoms with E-state index in [0.29, 0.717) is 5.92 Å². The third-order valence-corrected chi connectivity index (χ3v) is 3.23. The van der Waals surface area contributed by atoms with Crippen molar-refractivity contribution >= 4 is 23.8 Å². The largest absolute Gasteiger partial charge is 0.391 e. The number of carbonyl (C=O) groups excluding carboxylic acids is 2. The Kier molecular flexibility index (Phi) is 4.42. The summed E-state index contributed by atoms with van der Waals surface area (Å²) in [6.07, 6.45) is 1.98. The van der Waals surface area contributed by atoms with Crippen molar-refractivity contribution in [2.24, 2.45) is 0 Å². The zero-order valence-electron chi connectivity index (χ0n) is 8.73. The average Bonchev–Trinajstić information content (AvgIpc) is 2.69. The number of esters is 1. The molecule has 0 saturated carbocycles. The molecule has 0 N–H and O–H groups in total. The molecule has 0 saturated heterocycles. The number of hydrogen-bond acceptors (Lipinski definition) is 5. The third kappa shape index (κ3) is 2.86. The molecule has 0 amide bonds. The van der Waals surface area contributed by atoms with Gasteiger partial charge in [-0.25, -0.2) is 9.78 Å². The van der Waals surface area contributed by atoms with Crippen LogP contribution in [0.3, 0.4) is 0 Å². The van der Waals surface area contributed by atoms with Gasteiger partial charge >= 0.3 is 12.4 Å². The standard InChI is InChI=1S/C10H13NO3S/c1-3-7(4-2)9-11-8(5-15-9)10(13)14-6-12/h5-7H,3-4H2,1-2H3. The maximum atomic E-state index is 11.1. The van der Waals surface area contributed by atoms with Crippen LogP contribution in [0.1, 0.15) is 48.1 Å². The highest BCUT2D eigenvalue weighted by Gasteiger charge is 2.16. The second-order valence-corrected chi connectivity index (χ2v) is 3.98. The fourth-order valence-electron chi connectivity index (χ4n) is 1.31. The van der Waals surface area contributed by atoms with Crippen molar-refractivity contribution in [3.05, 3.63) is 16.1 Å². The second-order valence-electron chi connectivity index (χ2n) is 3.09. The maximum Gasteiger partial charge on any atom is 0.365 e. The molecule has 1 aromatic rings. The molecule has 5 heteroatoms. The molecule has 0 aliphatic carbocycles. The van der Waals surface area contributed by atoms with Crippen LogP contribution >= 0.6 is 11.3 Å². The maximum absolute atomic E-state index is 11.1. The van der Waals surface area contributed by atoms with E-state index in [9.17, 15) is 9.59 Å². The Bertz CT molecular complexity index is 344. The normalized spacial score (nSPS) is 10.3. The Labute approximate surface area is 92.3 Å². The lowest BCUT2D eigenvalue weighted by atomic mass is 10.1. The van der Waals surface area contributed by atoms with Crippen LogP contribution in [0.5, 0.6) is 0 Å². The Morgan fingerprint density at radius 2 is 2.27 bits per heavy atom. The smallest absolute Gasteiger partial charge is 0.365 e. The van der Waals surface area contributed by atoms with E-state index in [1.165, 1.54) is 11.3 Å². The molecule has 0 atom stereocenters. The van der Waals surface area contributed by atoms with E-state index in [0.717, 1.165) is 17.8 Å². The summed E-state index contributed by atoms with van der Waals surface area (Å²) in [5.74, 6) is -0.300. The van der Waals surface area contributed by atoms with E-state index in [1.807, 2.05) is 0 Å². The van der Waals surface area contributed by atoms with E-state index in [-0.39, 0.29) is 12.2 Å². The summed E-state index contributed by atoms with van der Waals surface area (Å²) in [7, 11) is 0. The number of ether oxygens (including phenoxy) is 1. The summed E-state index contributed by atoms with van der Waals surface area (Å²) < 4.78 is 4.21. The van der Waals surface area contributed by atoms with Crippen molar-refractivity contribution in [2.45, 2.75) is 32.6 Å². The van der Waals surface area contributed by atoms with Crippen LogP contribution in [0.2, 0.25) is 0 Å². The molecule has 0 aliphatic rings. The highest BCUT2D eigenvalue weighted by atomic mass is 32.1. The molecular weight excluding hydrogens is 214 g/mol. The third-order valence-electron chi connectivity index (χ3n) is 2.22. The number of hydrogen-bond donors (Lipinski definition) is 0. The first-order valence-electron chi connectivity index (χ1n) is 4.82. The van der Waals surface area contributed by atoms with Gasteiger partial charge in [0.15, 0.2) is 5.69 Å². The summed E-state index contributed by atoms with van der Waals surface area (Å²) in [5, 5.41) is 2.55. The van der Waals surface area contributed by atoms with Crippen LogP contribution in [0, 0.1) is 0 Å². The van der Waals surface area contributed by atoms with Gasteiger partial charge in [0.25, 0.3) is 0 Å². The number of thiazole rings is 1. The Morgan fingerprint density at radius 3 is 2.80 bits per heavy atom. The fourth-order valence-corrected chi connectivity index (χ4v) is 2.37. The van der Waals surface area contributed by atoms with Crippen molar-refractivity contribution in [3.63, 3.8) is 0 Å². The fraction of sp³-hybridized carbons (Fsp3) is 0.500. The van der Waals surface area contributed by atoms with Gasteiger partial charge in [-0.05, 0) is 12.8 Å². The summed E-state index contributed by atoms with van der Waals surface area (Å²) in [6, 6.07) is 0. The molecule has 0 aromatic carbocycles. The van der Waals surface area contributed by atoms with E-state index < -0.39 is 5.97 Å². The van der Waals surface area contributed by atoms with Crippen molar-refractivity contribution < 1.29 is 14.3 Å². The van der Waals surface area contributed by atoms with Gasteiger partial charge in [-0.3, -0.25) is 4.79 Å². The zero-order chi connectivity index (χ0) is 11.3. The van der Waals surface area contributed by atoms with Gasteiger partial charge in [-0.1, -0.05) is 13.8 Å². The molecular formula is C10H13NO3S. The molecule has 4 nitrogen and oxygen atoms in total. The van der Waals surface area contributed by atoms with Crippen molar-refractivity contribution in [3.8, 4) is 0 Å². The minimum atomic E-state index is -0.682. The second kappa shape index (κ2) is 5.60. The van der Waals surface area contributed by atoms with Gasteiger partial charge in [0, 0.05) is 11.3 Å². The van der Waals surface area contributed by atoms with Gasteiger partial charge in [0.05, 0.1) is 5.01 Å². The number of rotatable bonds is 5. The molecule has 0 radical (unpaired) electrons. The molecule has 0 fully saturated rings. The summed E-state index contributed by atoms with van der Waals surface area (Å²) in [5.41, 5.74) is 0.217. The first-order chi connectivity index (χ1) is 7.22. The molecule has 1 heterocycles. The molecule has 82 valence electrons. The predicted molar refractivity (Wildman–Crippen MR) is 56.9 cm³/mol. The van der Waals surface area contributed by atoms with Gasteiger partial charge < -0.3 is 4.74 Å². The Balaban J connectivity index is 2.79. The quantitative estimate of drug-likeness (QED) is 0.440. The molecule has 0 unspecified atom stereocenters. The van der Waals surface area contributed by atoms with E-state index in [1.54, 1.807) is 5.38 Å². The highest BCUT2D eigenvalue weighted by molar-refractivity contribution is 7.09. The number of carbonyl (C=O) groups is 2. The van der Waals surface area contributed by atoms with Gasteiger partial charge in [0.2, 0.25) is 0 Å². The van der Waals surface area contributed by atoms with Crippen LogP contribution in [0.4, 0.5) is 0 Å². The lowest BCUT2D eigenvalue weighted by Crippen LogP contribution is -2.04. The van der Waals surface area contributed by atoms with Gasteiger partial charge in [0.1, 0.15) is 0 Å². The predicted octanol–water partition coefficient (Wildman–Crippen LogP) is 2.36. The van der Waals surface area contributed by atoms with Crippen molar-refractivity contribution in [1.29, 1.82) is 0 Å². The van der Waals surface area contributed by atoms with Crippen molar-refractivity contribution in [2.75, 3.05) is 0 Å². The molecule has 15 heavy (non-hydrogen) atoms. The van der Waals surface area contributed by atoms with E-state index in [4.69, 9.17) is 0 Å². The summed E-state index contributed by atoms with van der Waals surface area (Å²) in [4.78, 5) is 25.3. The molecule has 0 aliphatic heterocycles. The van der Waals surface area contributed by atoms with Crippen LogP contribution < -0.4 is 0 Å². The van der Waals surface area contributed by atoms with Gasteiger partial charge in [-0.15, -0.1) is 11.3 Å². The summed E-state index contributed by atoms with van der Waals surface area (Å²) in [6.45, 7) is 4.29. The molecule has 1 aromatic heterocycles. The highest BCUT2D eigenvalue weighted by Crippen LogP contribution is 2.26. The van der Waals surface area contributed by atoms with Crippen LogP contribution in [-0.2, 0) is 9.53 Å². The number of nitrogens with zero attached hydrogens (tertiary/aromatic N) is 1. The van der Waals surface area contributed by atoms with E-state index in [2.05, 4.69) is 23.6 Å². The Morgan fingerprint density at radius 1 is 1.60 bits per heavy atom. The monoisotopic (exact) mass is 227 g/mol. The first kappa shape index (κ1) is 11.8. The summed E-state index contributed by atoms with van der Waals surface area (Å²) >= 11 is 1.43. The minimum Gasteiger partial charge on any atom is -0.391 e. The van der Waals surface area contributed by atoms with Crippen LogP contribution in [0.25, 0.3) is 0 Å². The van der Waals surface area contributed by atoms with Crippen LogP contribution in [0.15, 0.2) is 5.38 Å². The average molecular weight is 227 g/mol. The zero-order valence-corrected chi connectivity index (χ0v) is 9.54. The SMILES string of the molecule is CCC(CC)c1nc(C(=O)OC=O)cs1. The number of aromatic nitrogens is 1. The first-order valence-corrected chi connectivity index (χ1v) is 5.70. The molecule has 1 rings (SSSR count). The minimum absolute atomic E-state index is 0.123. The lowest BCUT2D eigenvalue weighted by molar-refractivity contribution is -0.123. The lowest BCUT2D eigenvalue weighted by Gasteiger charge is -2.06.